The average Bonchev–Trinajstić information content (AvgIpc) is 3.26. The second-order valence-corrected chi connectivity index (χ2v) is 6.71. The van der Waals surface area contributed by atoms with Gasteiger partial charge in [-0.1, -0.05) is 23.7 Å². The lowest BCUT2D eigenvalue weighted by molar-refractivity contribution is 0.0787. The summed E-state index contributed by atoms with van der Waals surface area (Å²) in [5.74, 6) is 1.53. The van der Waals surface area contributed by atoms with E-state index in [0.29, 0.717) is 41.0 Å². The van der Waals surface area contributed by atoms with Gasteiger partial charge in [0.05, 0.1) is 29.9 Å². The first-order chi connectivity index (χ1) is 13.7. The lowest BCUT2D eigenvalue weighted by Gasteiger charge is -2.26. The second-order valence-electron chi connectivity index (χ2n) is 6.30. The number of fused-ring (bicyclic) bond motifs is 1. The fourth-order valence-corrected chi connectivity index (χ4v) is 3.31. The quantitative estimate of drug-likeness (QED) is 0.711. The third kappa shape index (κ3) is 3.64. The molecular formula is C21H19ClN2O4. The van der Waals surface area contributed by atoms with Crippen LogP contribution < -0.4 is 19.5 Å². The highest BCUT2D eigenvalue weighted by Gasteiger charge is 2.23. The molecule has 0 saturated heterocycles. The lowest BCUT2D eigenvalue weighted by Crippen LogP contribution is -2.40. The minimum atomic E-state index is -0.291. The summed E-state index contributed by atoms with van der Waals surface area (Å²) >= 11 is 6.40. The van der Waals surface area contributed by atoms with Crippen LogP contribution in [0.5, 0.6) is 17.2 Å². The number of benzene rings is 2. The van der Waals surface area contributed by atoms with E-state index in [1.807, 2.05) is 53.4 Å². The van der Waals surface area contributed by atoms with E-state index >= 15 is 0 Å². The maximum Gasteiger partial charge on any atom is 0.255 e. The van der Waals surface area contributed by atoms with Gasteiger partial charge in [-0.2, -0.15) is 0 Å². The standard InChI is InChI=1S/C21H19ClN2O4/c1-26-20-11-17(24-8-4-5-9-24)16(22)10-15(20)21(25)23-12-14-13-27-18-6-2-3-7-19(18)28-14/h2-11,14H,12-13H2,1H3,(H,23,25). The summed E-state index contributed by atoms with van der Waals surface area (Å²) in [7, 11) is 1.52. The van der Waals surface area contributed by atoms with Gasteiger partial charge in [0.25, 0.3) is 5.91 Å². The Bertz CT molecular complexity index is 988. The number of ether oxygens (including phenoxy) is 3. The minimum Gasteiger partial charge on any atom is -0.496 e. The number of rotatable bonds is 5. The number of aromatic nitrogens is 1. The molecule has 6 nitrogen and oxygen atoms in total. The number of hydrogen-bond acceptors (Lipinski definition) is 4. The van der Waals surface area contributed by atoms with Gasteiger partial charge in [0.1, 0.15) is 18.5 Å². The van der Waals surface area contributed by atoms with E-state index in [4.69, 9.17) is 25.8 Å². The molecule has 0 aliphatic carbocycles. The Morgan fingerprint density at radius 1 is 1.21 bits per heavy atom. The molecular weight excluding hydrogens is 380 g/mol. The number of carbonyl (C=O) groups is 1. The Kier molecular flexibility index (Phi) is 5.12. The number of hydrogen-bond donors (Lipinski definition) is 1. The molecule has 1 aliphatic heterocycles. The van der Waals surface area contributed by atoms with E-state index in [1.54, 1.807) is 12.1 Å². The van der Waals surface area contributed by atoms with E-state index in [9.17, 15) is 4.79 Å². The van der Waals surface area contributed by atoms with Crippen LogP contribution in [0.25, 0.3) is 5.69 Å². The Balaban J connectivity index is 1.47. The molecule has 1 unspecified atom stereocenters. The largest absolute Gasteiger partial charge is 0.496 e. The number of nitrogens with zero attached hydrogens (tertiary/aromatic N) is 1. The van der Waals surface area contributed by atoms with E-state index in [0.717, 1.165) is 5.69 Å². The number of nitrogens with one attached hydrogen (secondary N) is 1. The van der Waals surface area contributed by atoms with Crippen molar-refractivity contribution in [2.24, 2.45) is 0 Å². The van der Waals surface area contributed by atoms with Crippen LogP contribution >= 0.6 is 11.6 Å². The van der Waals surface area contributed by atoms with Crippen molar-refractivity contribution in [3.63, 3.8) is 0 Å². The molecule has 0 bridgehead atoms. The number of carbonyl (C=O) groups excluding carboxylic acids is 1. The summed E-state index contributed by atoms with van der Waals surface area (Å²) in [6, 6.07) is 14.6. The third-order valence-corrected chi connectivity index (χ3v) is 4.76. The SMILES string of the molecule is COc1cc(-n2cccc2)c(Cl)cc1C(=O)NCC1COc2ccccc2O1. The minimum absolute atomic E-state index is 0.278. The van der Waals surface area contributed by atoms with Gasteiger partial charge in [0.15, 0.2) is 11.5 Å². The average molecular weight is 399 g/mol. The van der Waals surface area contributed by atoms with Crippen LogP contribution in [-0.2, 0) is 0 Å². The first-order valence-electron chi connectivity index (χ1n) is 8.83. The van der Waals surface area contributed by atoms with E-state index in [2.05, 4.69) is 5.32 Å². The van der Waals surface area contributed by atoms with Gasteiger partial charge in [-0.3, -0.25) is 4.79 Å². The van der Waals surface area contributed by atoms with Gasteiger partial charge in [-0.15, -0.1) is 0 Å². The van der Waals surface area contributed by atoms with Crippen LogP contribution in [0.3, 0.4) is 0 Å². The predicted molar refractivity (Wildman–Crippen MR) is 106 cm³/mol. The molecule has 28 heavy (non-hydrogen) atoms. The first kappa shape index (κ1) is 18.3. The van der Waals surface area contributed by atoms with E-state index in [1.165, 1.54) is 7.11 Å². The van der Waals surface area contributed by atoms with Crippen molar-refractivity contribution in [2.45, 2.75) is 6.10 Å². The molecule has 2 aromatic carbocycles. The van der Waals surface area contributed by atoms with Crippen molar-refractivity contribution in [3.8, 4) is 22.9 Å². The number of para-hydroxylation sites is 2. The van der Waals surface area contributed by atoms with E-state index in [-0.39, 0.29) is 12.0 Å². The molecule has 1 amide bonds. The fourth-order valence-electron chi connectivity index (χ4n) is 3.05. The third-order valence-electron chi connectivity index (χ3n) is 4.45. The molecule has 1 aromatic heterocycles. The molecule has 0 saturated carbocycles. The summed E-state index contributed by atoms with van der Waals surface area (Å²) in [6.45, 7) is 0.662. The number of amides is 1. The Morgan fingerprint density at radius 3 is 2.71 bits per heavy atom. The molecule has 1 atom stereocenters. The zero-order chi connectivity index (χ0) is 19.5. The monoisotopic (exact) mass is 398 g/mol. The van der Waals surface area contributed by atoms with Crippen LogP contribution in [0, 0.1) is 0 Å². The Labute approximate surface area is 167 Å². The summed E-state index contributed by atoms with van der Waals surface area (Å²) in [5.41, 5.74) is 1.10. The molecule has 2 heterocycles. The van der Waals surface area contributed by atoms with Crippen LogP contribution in [0.2, 0.25) is 5.02 Å². The van der Waals surface area contributed by atoms with Crippen LogP contribution in [0.4, 0.5) is 0 Å². The van der Waals surface area contributed by atoms with Crippen molar-refractivity contribution in [2.75, 3.05) is 20.3 Å². The van der Waals surface area contributed by atoms with Gasteiger partial charge in [-0.05, 0) is 30.3 Å². The highest BCUT2D eigenvalue weighted by atomic mass is 35.5. The molecule has 7 heteroatoms. The summed E-state index contributed by atoms with van der Waals surface area (Å²) in [4.78, 5) is 12.7. The van der Waals surface area contributed by atoms with Crippen molar-refractivity contribution >= 4 is 17.5 Å². The van der Waals surface area contributed by atoms with Crippen LogP contribution in [0.15, 0.2) is 60.9 Å². The number of methoxy groups -OCH3 is 1. The second kappa shape index (κ2) is 7.86. The van der Waals surface area contributed by atoms with Gasteiger partial charge in [0.2, 0.25) is 0 Å². The Hall–Kier alpha value is -3.12. The fraction of sp³-hybridized carbons (Fsp3) is 0.190. The lowest BCUT2D eigenvalue weighted by atomic mass is 10.1. The van der Waals surface area contributed by atoms with Crippen molar-refractivity contribution in [3.05, 3.63) is 71.5 Å². The van der Waals surface area contributed by atoms with Crippen LogP contribution in [-0.4, -0.2) is 36.8 Å². The van der Waals surface area contributed by atoms with E-state index < -0.39 is 0 Å². The van der Waals surface area contributed by atoms with Gasteiger partial charge >= 0.3 is 0 Å². The summed E-state index contributed by atoms with van der Waals surface area (Å²) in [6.07, 6.45) is 3.47. The van der Waals surface area contributed by atoms with Crippen molar-refractivity contribution in [1.82, 2.24) is 9.88 Å². The summed E-state index contributed by atoms with van der Waals surface area (Å²) in [5, 5.41) is 3.32. The van der Waals surface area contributed by atoms with Gasteiger partial charge in [-0.25, -0.2) is 0 Å². The van der Waals surface area contributed by atoms with Crippen LogP contribution in [0.1, 0.15) is 10.4 Å². The molecule has 3 aromatic rings. The molecule has 1 N–H and O–H groups in total. The van der Waals surface area contributed by atoms with Crippen molar-refractivity contribution in [1.29, 1.82) is 0 Å². The maximum absolute atomic E-state index is 12.7. The Morgan fingerprint density at radius 2 is 1.96 bits per heavy atom. The summed E-state index contributed by atoms with van der Waals surface area (Å²) < 4.78 is 18.8. The highest BCUT2D eigenvalue weighted by molar-refractivity contribution is 6.33. The topological polar surface area (TPSA) is 61.7 Å². The van der Waals surface area contributed by atoms with Gasteiger partial charge in [0, 0.05) is 18.5 Å². The zero-order valence-electron chi connectivity index (χ0n) is 15.2. The normalized spacial score (nSPS) is 15.1. The first-order valence-corrected chi connectivity index (χ1v) is 9.21. The molecule has 0 fully saturated rings. The highest BCUT2D eigenvalue weighted by Crippen LogP contribution is 2.31. The molecule has 4 rings (SSSR count). The zero-order valence-corrected chi connectivity index (χ0v) is 16.0. The number of halogens is 1. The smallest absolute Gasteiger partial charge is 0.255 e. The molecule has 144 valence electrons. The van der Waals surface area contributed by atoms with Gasteiger partial charge < -0.3 is 24.1 Å². The maximum atomic E-state index is 12.7. The molecule has 1 aliphatic rings. The predicted octanol–water partition coefficient (Wildman–Crippen LogP) is 3.71. The molecule has 0 radical (unpaired) electrons. The van der Waals surface area contributed by atoms with Crippen molar-refractivity contribution < 1.29 is 19.0 Å². The molecule has 0 spiro atoms.